The van der Waals surface area contributed by atoms with Crippen LogP contribution in [0.5, 0.6) is 0 Å². The van der Waals surface area contributed by atoms with E-state index in [0.29, 0.717) is 25.4 Å². The number of furan rings is 1. The van der Waals surface area contributed by atoms with Crippen molar-refractivity contribution in [2.75, 3.05) is 19.6 Å². The molecule has 2 fully saturated rings. The maximum atomic E-state index is 12.9. The predicted molar refractivity (Wildman–Crippen MR) is 75.5 cm³/mol. The molecule has 0 saturated carbocycles. The minimum Gasteiger partial charge on any atom is -0.468 e. The van der Waals surface area contributed by atoms with Crippen LogP contribution in [0, 0.1) is 0 Å². The molecule has 1 aromatic rings. The Morgan fingerprint density at radius 3 is 2.86 bits per heavy atom. The molecule has 21 heavy (non-hydrogen) atoms. The van der Waals surface area contributed by atoms with Crippen molar-refractivity contribution in [3.05, 3.63) is 24.2 Å². The van der Waals surface area contributed by atoms with Crippen LogP contribution in [-0.4, -0.2) is 48.6 Å². The summed E-state index contributed by atoms with van der Waals surface area (Å²) in [4.78, 5) is 11.7. The summed E-state index contributed by atoms with van der Waals surface area (Å²) in [5.41, 5.74) is 0. The lowest BCUT2D eigenvalue weighted by Gasteiger charge is -2.36. The van der Waals surface area contributed by atoms with Gasteiger partial charge in [-0.05, 0) is 31.9 Å². The van der Waals surface area contributed by atoms with Gasteiger partial charge in [0, 0.05) is 19.6 Å². The standard InChI is InChI=1S/C13H19N3O4S/c1-10-13(17)14-6-8-15(10)21(18,19)16-7-2-4-11(16)12-5-3-9-20-12/h3,5,9-11H,2,4,6-8H2,1H3,(H,14,17)/t10-,11-/m0/s1. The molecule has 2 aliphatic rings. The predicted octanol–water partition coefficient (Wildman–Crippen LogP) is 0.482. The molecule has 116 valence electrons. The molecule has 0 aliphatic carbocycles. The zero-order valence-corrected chi connectivity index (χ0v) is 12.7. The van der Waals surface area contributed by atoms with E-state index in [-0.39, 0.29) is 11.9 Å². The number of rotatable bonds is 3. The van der Waals surface area contributed by atoms with Crippen molar-refractivity contribution in [1.29, 1.82) is 0 Å². The zero-order valence-electron chi connectivity index (χ0n) is 11.9. The average molecular weight is 313 g/mol. The van der Waals surface area contributed by atoms with Crippen molar-refractivity contribution in [1.82, 2.24) is 13.9 Å². The van der Waals surface area contributed by atoms with Crippen molar-refractivity contribution < 1.29 is 17.6 Å². The molecule has 0 aromatic carbocycles. The molecule has 2 atom stereocenters. The summed E-state index contributed by atoms with van der Waals surface area (Å²) in [6.07, 6.45) is 3.08. The topological polar surface area (TPSA) is 82.9 Å². The Morgan fingerprint density at radius 1 is 1.33 bits per heavy atom. The van der Waals surface area contributed by atoms with Crippen molar-refractivity contribution in [3.8, 4) is 0 Å². The van der Waals surface area contributed by atoms with Gasteiger partial charge in [0.25, 0.3) is 10.2 Å². The van der Waals surface area contributed by atoms with E-state index in [4.69, 9.17) is 4.42 Å². The summed E-state index contributed by atoms with van der Waals surface area (Å²) in [6.45, 7) is 2.72. The average Bonchev–Trinajstić information content (AvgIpc) is 3.11. The van der Waals surface area contributed by atoms with Gasteiger partial charge in [0.15, 0.2) is 0 Å². The Bertz CT molecular complexity index is 613. The summed E-state index contributed by atoms with van der Waals surface area (Å²) in [5.74, 6) is 0.406. The Kier molecular flexibility index (Phi) is 3.76. The lowest BCUT2D eigenvalue weighted by molar-refractivity contribution is -0.126. The second-order valence-corrected chi connectivity index (χ2v) is 7.20. The molecule has 8 heteroatoms. The number of carbonyl (C=O) groups is 1. The highest BCUT2D eigenvalue weighted by atomic mass is 32.2. The fourth-order valence-electron chi connectivity index (χ4n) is 2.99. The third-order valence-corrected chi connectivity index (χ3v) is 6.23. The molecular formula is C13H19N3O4S. The fourth-order valence-corrected chi connectivity index (χ4v) is 4.97. The van der Waals surface area contributed by atoms with E-state index in [1.54, 1.807) is 25.3 Å². The van der Waals surface area contributed by atoms with Gasteiger partial charge < -0.3 is 9.73 Å². The summed E-state index contributed by atoms with van der Waals surface area (Å²) in [7, 11) is -3.67. The monoisotopic (exact) mass is 313 g/mol. The quantitative estimate of drug-likeness (QED) is 0.880. The minimum absolute atomic E-state index is 0.251. The van der Waals surface area contributed by atoms with E-state index >= 15 is 0 Å². The lowest BCUT2D eigenvalue weighted by atomic mass is 10.2. The number of hydrogen-bond donors (Lipinski definition) is 1. The molecule has 1 aromatic heterocycles. The van der Waals surface area contributed by atoms with Crippen LogP contribution in [0.3, 0.4) is 0 Å². The van der Waals surface area contributed by atoms with Crippen LogP contribution < -0.4 is 5.32 Å². The highest BCUT2D eigenvalue weighted by Gasteiger charge is 2.43. The SMILES string of the molecule is C[C@H]1C(=O)NCCN1S(=O)(=O)N1CCC[C@H]1c1ccco1. The largest absolute Gasteiger partial charge is 0.468 e. The van der Waals surface area contributed by atoms with E-state index in [1.165, 1.54) is 8.61 Å². The van der Waals surface area contributed by atoms with E-state index in [1.807, 2.05) is 0 Å². The second kappa shape index (κ2) is 5.43. The van der Waals surface area contributed by atoms with Crippen molar-refractivity contribution in [2.24, 2.45) is 0 Å². The third kappa shape index (κ3) is 2.47. The van der Waals surface area contributed by atoms with Gasteiger partial charge in [-0.25, -0.2) is 0 Å². The molecule has 0 spiro atoms. The van der Waals surface area contributed by atoms with Crippen LogP contribution in [-0.2, 0) is 15.0 Å². The molecule has 7 nitrogen and oxygen atoms in total. The van der Waals surface area contributed by atoms with Crippen LogP contribution in [0.2, 0.25) is 0 Å². The van der Waals surface area contributed by atoms with E-state index < -0.39 is 16.3 Å². The molecule has 3 rings (SSSR count). The Labute approximate surface area is 124 Å². The molecule has 2 saturated heterocycles. The van der Waals surface area contributed by atoms with Crippen LogP contribution >= 0.6 is 0 Å². The van der Waals surface area contributed by atoms with Crippen LogP contribution in [0.25, 0.3) is 0 Å². The molecule has 0 radical (unpaired) electrons. The van der Waals surface area contributed by atoms with Crippen LogP contribution in [0.1, 0.15) is 31.6 Å². The number of hydrogen-bond acceptors (Lipinski definition) is 4. The number of piperazine rings is 1. The molecule has 3 heterocycles. The van der Waals surface area contributed by atoms with Gasteiger partial charge in [-0.3, -0.25) is 4.79 Å². The normalized spacial score (nSPS) is 28.7. The summed E-state index contributed by atoms with van der Waals surface area (Å²) < 4.78 is 33.9. The Balaban J connectivity index is 1.88. The summed E-state index contributed by atoms with van der Waals surface area (Å²) in [5, 5.41) is 2.68. The molecule has 0 unspecified atom stereocenters. The van der Waals surface area contributed by atoms with Crippen LogP contribution in [0.4, 0.5) is 0 Å². The van der Waals surface area contributed by atoms with Crippen molar-refractivity contribution in [2.45, 2.75) is 31.8 Å². The number of nitrogens with zero attached hydrogens (tertiary/aromatic N) is 2. The third-order valence-electron chi connectivity index (χ3n) is 4.11. The zero-order chi connectivity index (χ0) is 15.0. The van der Waals surface area contributed by atoms with Crippen LogP contribution in [0.15, 0.2) is 22.8 Å². The number of carbonyl (C=O) groups excluding carboxylic acids is 1. The van der Waals surface area contributed by atoms with Crippen molar-refractivity contribution in [3.63, 3.8) is 0 Å². The van der Waals surface area contributed by atoms with Gasteiger partial charge >= 0.3 is 0 Å². The van der Waals surface area contributed by atoms with E-state index in [0.717, 1.165) is 12.8 Å². The first-order valence-corrected chi connectivity index (χ1v) is 8.51. The highest BCUT2D eigenvalue weighted by Crippen LogP contribution is 2.36. The first-order valence-electron chi connectivity index (χ1n) is 7.11. The molecular weight excluding hydrogens is 294 g/mol. The van der Waals surface area contributed by atoms with E-state index in [2.05, 4.69) is 5.32 Å². The maximum Gasteiger partial charge on any atom is 0.283 e. The van der Waals surface area contributed by atoms with Gasteiger partial charge in [0.2, 0.25) is 5.91 Å². The lowest BCUT2D eigenvalue weighted by Crippen LogP contribution is -2.58. The molecule has 2 aliphatic heterocycles. The molecule has 1 N–H and O–H groups in total. The van der Waals surface area contributed by atoms with Gasteiger partial charge in [0.05, 0.1) is 12.3 Å². The highest BCUT2D eigenvalue weighted by molar-refractivity contribution is 7.86. The first-order chi connectivity index (χ1) is 10.0. The molecule has 1 amide bonds. The summed E-state index contributed by atoms with van der Waals surface area (Å²) in [6, 6.07) is 2.60. The second-order valence-electron chi connectivity index (χ2n) is 5.37. The molecule has 0 bridgehead atoms. The summed E-state index contributed by atoms with van der Waals surface area (Å²) >= 11 is 0. The Hall–Kier alpha value is -1.38. The number of amides is 1. The van der Waals surface area contributed by atoms with Gasteiger partial charge in [0.1, 0.15) is 11.8 Å². The van der Waals surface area contributed by atoms with E-state index in [9.17, 15) is 13.2 Å². The van der Waals surface area contributed by atoms with Crippen molar-refractivity contribution >= 4 is 16.1 Å². The maximum absolute atomic E-state index is 12.9. The Morgan fingerprint density at radius 2 is 2.14 bits per heavy atom. The first kappa shape index (κ1) is 14.6. The number of nitrogens with one attached hydrogen (secondary N) is 1. The minimum atomic E-state index is -3.67. The van der Waals surface area contributed by atoms with Gasteiger partial charge in [-0.15, -0.1) is 0 Å². The fraction of sp³-hybridized carbons (Fsp3) is 0.615. The van der Waals surface area contributed by atoms with Gasteiger partial charge in [-0.2, -0.15) is 17.0 Å². The van der Waals surface area contributed by atoms with Gasteiger partial charge in [-0.1, -0.05) is 0 Å². The smallest absolute Gasteiger partial charge is 0.283 e.